The van der Waals surface area contributed by atoms with Gasteiger partial charge in [0.2, 0.25) is 0 Å². The van der Waals surface area contributed by atoms with Crippen LogP contribution in [0.1, 0.15) is 43.2 Å². The van der Waals surface area contributed by atoms with E-state index in [1.807, 2.05) is 48.5 Å². The molecular formula is C23H23ClN2O3. The number of nitrogens with one attached hydrogen (secondary N) is 1. The molecule has 1 saturated carbocycles. The van der Waals surface area contributed by atoms with E-state index in [0.717, 1.165) is 36.8 Å². The van der Waals surface area contributed by atoms with E-state index in [1.54, 1.807) is 6.08 Å². The van der Waals surface area contributed by atoms with Crippen molar-refractivity contribution in [2.45, 2.75) is 44.8 Å². The maximum absolute atomic E-state index is 12.9. The van der Waals surface area contributed by atoms with Crippen LogP contribution in [0.4, 0.5) is 4.79 Å². The third kappa shape index (κ3) is 4.30. The number of hydrogen-bond acceptors (Lipinski definition) is 3. The van der Waals surface area contributed by atoms with Crippen LogP contribution >= 0.6 is 11.6 Å². The van der Waals surface area contributed by atoms with Crippen LogP contribution in [0.25, 0.3) is 6.08 Å². The molecule has 1 heterocycles. The average molecular weight is 411 g/mol. The van der Waals surface area contributed by atoms with Crippen molar-refractivity contribution in [3.63, 3.8) is 0 Å². The molecule has 0 radical (unpaired) electrons. The first-order valence-corrected chi connectivity index (χ1v) is 10.3. The molecule has 0 bridgehead atoms. The normalized spacial score (nSPS) is 18.9. The van der Waals surface area contributed by atoms with Gasteiger partial charge in [-0.25, -0.2) is 4.79 Å². The largest absolute Gasteiger partial charge is 0.488 e. The number of rotatable bonds is 5. The van der Waals surface area contributed by atoms with E-state index in [9.17, 15) is 9.59 Å². The highest BCUT2D eigenvalue weighted by atomic mass is 35.5. The molecule has 2 fully saturated rings. The summed E-state index contributed by atoms with van der Waals surface area (Å²) >= 11 is 6.20. The van der Waals surface area contributed by atoms with Crippen molar-refractivity contribution in [2.24, 2.45) is 0 Å². The molecule has 1 saturated heterocycles. The summed E-state index contributed by atoms with van der Waals surface area (Å²) in [5, 5.41) is 3.37. The molecule has 0 spiro atoms. The van der Waals surface area contributed by atoms with Crippen molar-refractivity contribution in [3.05, 3.63) is 70.4 Å². The minimum atomic E-state index is -0.331. The zero-order chi connectivity index (χ0) is 20.2. The number of amides is 3. The van der Waals surface area contributed by atoms with E-state index >= 15 is 0 Å². The Morgan fingerprint density at radius 3 is 2.55 bits per heavy atom. The summed E-state index contributed by atoms with van der Waals surface area (Å²) in [6.45, 7) is 0.314. The molecule has 1 aliphatic heterocycles. The van der Waals surface area contributed by atoms with Crippen LogP contribution < -0.4 is 10.1 Å². The summed E-state index contributed by atoms with van der Waals surface area (Å²) in [6.07, 6.45) is 6.72. The van der Waals surface area contributed by atoms with Crippen LogP contribution in [0.3, 0.4) is 0 Å². The number of ether oxygens (including phenoxy) is 1. The van der Waals surface area contributed by atoms with Crippen LogP contribution in [0.15, 0.2) is 54.2 Å². The first-order valence-electron chi connectivity index (χ1n) is 9.95. The average Bonchev–Trinajstić information content (AvgIpc) is 3.02. The molecule has 29 heavy (non-hydrogen) atoms. The summed E-state index contributed by atoms with van der Waals surface area (Å²) in [7, 11) is 0. The smallest absolute Gasteiger partial charge is 0.329 e. The van der Waals surface area contributed by atoms with Crippen molar-refractivity contribution in [1.29, 1.82) is 0 Å². The first-order chi connectivity index (χ1) is 14.1. The van der Waals surface area contributed by atoms with Crippen molar-refractivity contribution < 1.29 is 14.3 Å². The lowest BCUT2D eigenvalue weighted by molar-refractivity contribution is -0.124. The van der Waals surface area contributed by atoms with Gasteiger partial charge in [0.05, 0.1) is 0 Å². The van der Waals surface area contributed by atoms with Crippen molar-refractivity contribution in [3.8, 4) is 5.75 Å². The molecule has 1 aliphatic carbocycles. The SMILES string of the molecule is O=C1N/C(=C\c2ccccc2OCc2ccccc2Cl)C(=O)N1C1CCCCC1. The Morgan fingerprint density at radius 2 is 1.76 bits per heavy atom. The fourth-order valence-electron chi connectivity index (χ4n) is 3.88. The van der Waals surface area contributed by atoms with E-state index < -0.39 is 0 Å². The maximum Gasteiger partial charge on any atom is 0.329 e. The Morgan fingerprint density at radius 1 is 1.03 bits per heavy atom. The van der Waals surface area contributed by atoms with Gasteiger partial charge < -0.3 is 10.1 Å². The standard InChI is InChI=1S/C23H23ClN2O3/c24-19-12-6-4-9-17(19)15-29-21-13-7-5-8-16(21)14-20-22(27)26(23(28)25-20)18-10-2-1-3-11-18/h4-9,12-14,18H,1-3,10-11,15H2,(H,25,28)/b20-14-. The number of halogens is 1. The fourth-order valence-corrected chi connectivity index (χ4v) is 4.07. The molecular weight excluding hydrogens is 388 g/mol. The van der Waals surface area contributed by atoms with E-state index in [0.29, 0.717) is 17.4 Å². The Hall–Kier alpha value is -2.79. The van der Waals surface area contributed by atoms with Gasteiger partial charge in [-0.3, -0.25) is 9.69 Å². The third-order valence-corrected chi connectivity index (χ3v) is 5.78. The Balaban J connectivity index is 1.53. The fraction of sp³-hybridized carbons (Fsp3) is 0.304. The van der Waals surface area contributed by atoms with Crippen molar-refractivity contribution in [1.82, 2.24) is 10.2 Å². The van der Waals surface area contributed by atoms with Crippen LogP contribution in [0.2, 0.25) is 5.02 Å². The Kier molecular flexibility index (Phi) is 5.86. The lowest BCUT2D eigenvalue weighted by Crippen LogP contribution is -2.41. The number of benzene rings is 2. The monoisotopic (exact) mass is 410 g/mol. The van der Waals surface area contributed by atoms with Crippen LogP contribution in [-0.2, 0) is 11.4 Å². The van der Waals surface area contributed by atoms with Crippen molar-refractivity contribution in [2.75, 3.05) is 0 Å². The molecule has 5 nitrogen and oxygen atoms in total. The highest BCUT2D eigenvalue weighted by Crippen LogP contribution is 2.28. The summed E-state index contributed by atoms with van der Waals surface area (Å²) in [4.78, 5) is 26.7. The Labute approximate surface area is 175 Å². The van der Waals surface area contributed by atoms with E-state index in [-0.39, 0.29) is 23.7 Å². The zero-order valence-electron chi connectivity index (χ0n) is 16.1. The van der Waals surface area contributed by atoms with Gasteiger partial charge in [0.25, 0.3) is 5.91 Å². The minimum absolute atomic E-state index is 0.00568. The molecule has 2 aromatic rings. The van der Waals surface area contributed by atoms with E-state index in [4.69, 9.17) is 16.3 Å². The number of hydrogen-bond donors (Lipinski definition) is 1. The zero-order valence-corrected chi connectivity index (χ0v) is 16.8. The Bertz CT molecular complexity index is 951. The van der Waals surface area contributed by atoms with Gasteiger partial charge in [0, 0.05) is 22.2 Å². The molecule has 1 N–H and O–H groups in total. The second kappa shape index (κ2) is 8.70. The molecule has 2 aromatic carbocycles. The third-order valence-electron chi connectivity index (χ3n) is 5.41. The summed E-state index contributed by atoms with van der Waals surface area (Å²) in [5.41, 5.74) is 1.90. The molecule has 0 atom stereocenters. The van der Waals surface area contributed by atoms with Gasteiger partial charge in [0.1, 0.15) is 18.1 Å². The summed E-state index contributed by atoms with van der Waals surface area (Å²) in [5.74, 6) is 0.362. The molecule has 150 valence electrons. The number of imide groups is 1. The quantitative estimate of drug-likeness (QED) is 0.548. The summed E-state index contributed by atoms with van der Waals surface area (Å²) < 4.78 is 5.95. The maximum atomic E-state index is 12.9. The minimum Gasteiger partial charge on any atom is -0.488 e. The molecule has 6 heteroatoms. The number of nitrogens with zero attached hydrogens (tertiary/aromatic N) is 1. The van der Waals surface area contributed by atoms with Crippen LogP contribution in [0.5, 0.6) is 5.75 Å². The number of carbonyl (C=O) groups excluding carboxylic acids is 2. The van der Waals surface area contributed by atoms with Gasteiger partial charge >= 0.3 is 6.03 Å². The lowest BCUT2D eigenvalue weighted by atomic mass is 9.94. The topological polar surface area (TPSA) is 58.6 Å². The first kappa shape index (κ1) is 19.5. The van der Waals surface area contributed by atoms with Crippen LogP contribution in [0, 0.1) is 0 Å². The second-order valence-corrected chi connectivity index (χ2v) is 7.78. The van der Waals surface area contributed by atoms with Gasteiger partial charge in [-0.2, -0.15) is 0 Å². The van der Waals surface area contributed by atoms with Gasteiger partial charge in [-0.15, -0.1) is 0 Å². The second-order valence-electron chi connectivity index (χ2n) is 7.37. The highest BCUT2D eigenvalue weighted by molar-refractivity contribution is 6.31. The number of para-hydroxylation sites is 1. The predicted octanol–water partition coefficient (Wildman–Crippen LogP) is 5.14. The molecule has 4 rings (SSSR count). The molecule has 0 unspecified atom stereocenters. The highest BCUT2D eigenvalue weighted by Gasteiger charge is 2.39. The predicted molar refractivity (Wildman–Crippen MR) is 112 cm³/mol. The van der Waals surface area contributed by atoms with Gasteiger partial charge in [-0.1, -0.05) is 67.3 Å². The lowest BCUT2D eigenvalue weighted by Gasteiger charge is -2.28. The number of urea groups is 1. The van der Waals surface area contributed by atoms with Gasteiger partial charge in [0.15, 0.2) is 0 Å². The van der Waals surface area contributed by atoms with Crippen LogP contribution in [-0.4, -0.2) is 22.9 Å². The number of carbonyl (C=O) groups is 2. The van der Waals surface area contributed by atoms with E-state index in [1.165, 1.54) is 11.3 Å². The van der Waals surface area contributed by atoms with Gasteiger partial charge in [-0.05, 0) is 31.1 Å². The van der Waals surface area contributed by atoms with Crippen molar-refractivity contribution >= 4 is 29.6 Å². The molecule has 0 aromatic heterocycles. The van der Waals surface area contributed by atoms with E-state index in [2.05, 4.69) is 5.32 Å². The molecule has 2 aliphatic rings. The molecule has 3 amide bonds. The summed E-state index contributed by atoms with van der Waals surface area (Å²) in [6, 6.07) is 14.6.